The van der Waals surface area contributed by atoms with Crippen molar-refractivity contribution in [1.82, 2.24) is 9.97 Å². The molecule has 1 aromatic carbocycles. The maximum absolute atomic E-state index is 4.68. The molecule has 0 atom stereocenters. The number of halogens is 1. The fourth-order valence-electron chi connectivity index (χ4n) is 1.93. The smallest absolute Gasteiger partial charge is 0.161 e. The number of aryl methyl sites for hydroxylation is 3. The second-order valence-electron chi connectivity index (χ2n) is 5.02. The average molecular weight is 381 g/mol. The van der Waals surface area contributed by atoms with Gasteiger partial charge in [0.15, 0.2) is 5.82 Å². The van der Waals surface area contributed by atoms with Gasteiger partial charge in [-0.25, -0.2) is 9.97 Å². The van der Waals surface area contributed by atoms with E-state index in [0.717, 1.165) is 39.4 Å². The van der Waals surface area contributed by atoms with Crippen LogP contribution in [0.4, 0.5) is 5.82 Å². The van der Waals surface area contributed by atoms with Gasteiger partial charge in [-0.2, -0.15) is 0 Å². The second kappa shape index (κ2) is 6.52. The molecule has 0 spiro atoms. The van der Waals surface area contributed by atoms with Crippen LogP contribution >= 0.6 is 22.6 Å². The minimum Gasteiger partial charge on any atom is -0.369 e. The molecule has 0 fully saturated rings. The van der Waals surface area contributed by atoms with E-state index in [-0.39, 0.29) is 0 Å². The Hall–Kier alpha value is -1.17. The van der Waals surface area contributed by atoms with Crippen LogP contribution in [0.5, 0.6) is 0 Å². The molecule has 0 aliphatic heterocycles. The highest BCUT2D eigenvalue weighted by atomic mass is 127. The Kier molecular flexibility index (Phi) is 4.96. The minimum absolute atomic E-state index is 0.796. The summed E-state index contributed by atoms with van der Waals surface area (Å²) in [6.07, 6.45) is 1.08. The summed E-state index contributed by atoms with van der Waals surface area (Å²) in [6.45, 7) is 9.35. The summed E-state index contributed by atoms with van der Waals surface area (Å²) in [5, 5.41) is 3.38. The molecule has 1 N–H and O–H groups in total. The van der Waals surface area contributed by atoms with Gasteiger partial charge in [0.1, 0.15) is 5.82 Å². The molecule has 0 saturated heterocycles. The normalized spacial score (nSPS) is 10.7. The number of aromatic nitrogens is 2. The van der Waals surface area contributed by atoms with E-state index >= 15 is 0 Å². The Balaban J connectivity index is 2.45. The van der Waals surface area contributed by atoms with Crippen LogP contribution in [0.3, 0.4) is 0 Å². The number of benzene rings is 1. The quantitative estimate of drug-likeness (QED) is 0.793. The summed E-state index contributed by atoms with van der Waals surface area (Å²) in [6, 6.07) is 6.37. The minimum atomic E-state index is 0.796. The summed E-state index contributed by atoms with van der Waals surface area (Å²) in [7, 11) is 0. The molecule has 0 radical (unpaired) electrons. The van der Waals surface area contributed by atoms with Gasteiger partial charge in [-0.15, -0.1) is 0 Å². The molecular weight excluding hydrogens is 361 g/mol. The monoisotopic (exact) mass is 381 g/mol. The van der Waals surface area contributed by atoms with Crippen LogP contribution in [0, 0.1) is 24.3 Å². The predicted molar refractivity (Wildman–Crippen MR) is 93.2 cm³/mol. The Morgan fingerprint density at radius 3 is 2.50 bits per heavy atom. The third-order valence-corrected chi connectivity index (χ3v) is 4.62. The van der Waals surface area contributed by atoms with E-state index in [9.17, 15) is 0 Å². The fourth-order valence-corrected chi connectivity index (χ4v) is 2.36. The molecule has 0 amide bonds. The molecule has 1 heterocycles. The first kappa shape index (κ1) is 15.2. The number of nitrogens with one attached hydrogen (secondary N) is 1. The molecule has 0 aliphatic carbocycles. The van der Waals surface area contributed by atoms with Crippen molar-refractivity contribution >= 4 is 28.4 Å². The lowest BCUT2D eigenvalue weighted by Crippen LogP contribution is -2.07. The van der Waals surface area contributed by atoms with Crippen molar-refractivity contribution in [2.24, 2.45) is 0 Å². The maximum atomic E-state index is 4.68. The van der Waals surface area contributed by atoms with E-state index in [1.54, 1.807) is 0 Å². The molecule has 2 rings (SSSR count). The molecular formula is C16H20IN3. The lowest BCUT2D eigenvalue weighted by Gasteiger charge is -2.11. The van der Waals surface area contributed by atoms with Gasteiger partial charge in [-0.3, -0.25) is 0 Å². The van der Waals surface area contributed by atoms with Gasteiger partial charge in [0.2, 0.25) is 0 Å². The molecule has 20 heavy (non-hydrogen) atoms. The first-order chi connectivity index (χ1) is 9.52. The highest BCUT2D eigenvalue weighted by Crippen LogP contribution is 2.25. The third-order valence-electron chi connectivity index (χ3n) is 3.32. The lowest BCUT2D eigenvalue weighted by atomic mass is 10.1. The first-order valence-electron chi connectivity index (χ1n) is 6.88. The zero-order valence-corrected chi connectivity index (χ0v) is 14.6. The average Bonchev–Trinajstić information content (AvgIpc) is 2.43. The fraction of sp³-hybridized carbons (Fsp3) is 0.375. The first-order valence-corrected chi connectivity index (χ1v) is 7.96. The topological polar surface area (TPSA) is 37.8 Å². The van der Waals surface area contributed by atoms with Crippen molar-refractivity contribution in [3.63, 3.8) is 0 Å². The standard InChI is InChI=1S/C16H20IN3/c1-5-8-18-16-14(17)12(4)19-15(20-16)13-7-6-10(2)11(3)9-13/h6-7,9H,5,8H2,1-4H3,(H,18,19,20). The molecule has 0 unspecified atom stereocenters. The number of rotatable bonds is 4. The lowest BCUT2D eigenvalue weighted by molar-refractivity contribution is 0.958. The zero-order chi connectivity index (χ0) is 14.7. The maximum Gasteiger partial charge on any atom is 0.161 e. The van der Waals surface area contributed by atoms with Gasteiger partial charge < -0.3 is 5.32 Å². The largest absolute Gasteiger partial charge is 0.369 e. The number of hydrogen-bond acceptors (Lipinski definition) is 3. The van der Waals surface area contributed by atoms with E-state index in [1.165, 1.54) is 11.1 Å². The number of anilines is 1. The van der Waals surface area contributed by atoms with Crippen LogP contribution in [0.25, 0.3) is 11.4 Å². The highest BCUT2D eigenvalue weighted by molar-refractivity contribution is 14.1. The molecule has 4 heteroatoms. The van der Waals surface area contributed by atoms with Gasteiger partial charge in [-0.05, 0) is 67.0 Å². The van der Waals surface area contributed by atoms with Crippen molar-refractivity contribution in [2.75, 3.05) is 11.9 Å². The molecule has 0 saturated carbocycles. The van der Waals surface area contributed by atoms with E-state index in [4.69, 9.17) is 0 Å². The Bertz CT molecular complexity index is 623. The number of hydrogen-bond donors (Lipinski definition) is 1. The highest BCUT2D eigenvalue weighted by Gasteiger charge is 2.10. The van der Waals surface area contributed by atoms with Crippen molar-refractivity contribution in [3.8, 4) is 11.4 Å². The molecule has 3 nitrogen and oxygen atoms in total. The third kappa shape index (κ3) is 3.29. The summed E-state index contributed by atoms with van der Waals surface area (Å²) < 4.78 is 1.10. The van der Waals surface area contributed by atoms with Gasteiger partial charge in [0, 0.05) is 12.1 Å². The Morgan fingerprint density at radius 2 is 1.85 bits per heavy atom. The van der Waals surface area contributed by atoms with Crippen molar-refractivity contribution in [2.45, 2.75) is 34.1 Å². The van der Waals surface area contributed by atoms with Crippen molar-refractivity contribution < 1.29 is 0 Å². The van der Waals surface area contributed by atoms with Gasteiger partial charge >= 0.3 is 0 Å². The zero-order valence-electron chi connectivity index (χ0n) is 12.4. The van der Waals surface area contributed by atoms with Gasteiger partial charge in [0.05, 0.1) is 9.26 Å². The van der Waals surface area contributed by atoms with Gasteiger partial charge in [0.25, 0.3) is 0 Å². The molecule has 0 aliphatic rings. The van der Waals surface area contributed by atoms with Crippen molar-refractivity contribution in [3.05, 3.63) is 38.6 Å². The van der Waals surface area contributed by atoms with Crippen molar-refractivity contribution in [1.29, 1.82) is 0 Å². The molecule has 106 valence electrons. The summed E-state index contributed by atoms with van der Waals surface area (Å²) in [5.74, 6) is 1.73. The van der Waals surface area contributed by atoms with E-state index in [2.05, 4.69) is 76.8 Å². The predicted octanol–water partition coefficient (Wildman–Crippen LogP) is 4.50. The number of nitrogens with zero attached hydrogens (tertiary/aromatic N) is 2. The van der Waals surface area contributed by atoms with Crippen LogP contribution in [-0.2, 0) is 0 Å². The van der Waals surface area contributed by atoms with Crippen LogP contribution in [-0.4, -0.2) is 16.5 Å². The molecule has 0 bridgehead atoms. The van der Waals surface area contributed by atoms with E-state index in [1.807, 2.05) is 6.92 Å². The summed E-state index contributed by atoms with van der Waals surface area (Å²) in [4.78, 5) is 9.31. The van der Waals surface area contributed by atoms with Gasteiger partial charge in [-0.1, -0.05) is 19.1 Å². The van der Waals surface area contributed by atoms with Crippen LogP contribution < -0.4 is 5.32 Å². The Labute approximate surface area is 134 Å². The van der Waals surface area contributed by atoms with Crippen LogP contribution in [0.15, 0.2) is 18.2 Å². The Morgan fingerprint density at radius 1 is 1.10 bits per heavy atom. The van der Waals surface area contributed by atoms with E-state index < -0.39 is 0 Å². The molecule has 2 aromatic rings. The molecule has 1 aromatic heterocycles. The van der Waals surface area contributed by atoms with Crippen LogP contribution in [0.1, 0.15) is 30.2 Å². The van der Waals surface area contributed by atoms with Crippen LogP contribution in [0.2, 0.25) is 0 Å². The SMILES string of the molecule is CCCNc1nc(-c2ccc(C)c(C)c2)nc(C)c1I. The van der Waals surface area contributed by atoms with E-state index in [0.29, 0.717) is 0 Å². The summed E-state index contributed by atoms with van der Waals surface area (Å²) >= 11 is 2.31. The summed E-state index contributed by atoms with van der Waals surface area (Å²) in [5.41, 5.74) is 4.66. The second-order valence-corrected chi connectivity index (χ2v) is 6.10.